The number of benzene rings is 2. The number of hydrogen-bond donors (Lipinski definition) is 1. The molecule has 1 fully saturated rings. The van der Waals surface area contributed by atoms with E-state index in [1.807, 2.05) is 74.5 Å². The third-order valence-corrected chi connectivity index (χ3v) is 4.03. The van der Waals surface area contributed by atoms with E-state index in [1.165, 1.54) is 5.06 Å². The van der Waals surface area contributed by atoms with Gasteiger partial charge in [0.2, 0.25) is 0 Å². The second-order valence-corrected chi connectivity index (χ2v) is 6.31. The van der Waals surface area contributed by atoms with Crippen molar-refractivity contribution in [2.24, 2.45) is 0 Å². The second kappa shape index (κ2) is 6.81. The lowest BCUT2D eigenvalue weighted by atomic mass is 10.0. The van der Waals surface area contributed by atoms with Crippen LogP contribution in [-0.4, -0.2) is 28.8 Å². The molecule has 2 aromatic carbocycles. The molecule has 1 aliphatic rings. The maximum Gasteiger partial charge on any atom is 0.163 e. The van der Waals surface area contributed by atoms with Crippen LogP contribution < -0.4 is 0 Å². The average molecular weight is 313 g/mol. The predicted molar refractivity (Wildman–Crippen MR) is 87.9 cm³/mol. The van der Waals surface area contributed by atoms with Crippen LogP contribution in [0.5, 0.6) is 0 Å². The van der Waals surface area contributed by atoms with Gasteiger partial charge in [-0.2, -0.15) is 5.06 Å². The van der Waals surface area contributed by atoms with Gasteiger partial charge in [-0.3, -0.25) is 0 Å². The van der Waals surface area contributed by atoms with Crippen molar-refractivity contribution in [3.05, 3.63) is 71.8 Å². The highest BCUT2D eigenvalue weighted by molar-refractivity contribution is 5.21. The molecule has 122 valence electrons. The van der Waals surface area contributed by atoms with Gasteiger partial charge in [0.15, 0.2) is 5.79 Å². The Labute approximate surface area is 137 Å². The van der Waals surface area contributed by atoms with E-state index in [-0.39, 0.29) is 12.1 Å². The SMILES string of the molecule is CC1(C)OC[C@H](C(c2ccccc2)N(O)Cc2ccccc2)O1. The van der Waals surface area contributed by atoms with E-state index in [0.717, 1.165) is 11.1 Å². The summed E-state index contributed by atoms with van der Waals surface area (Å²) in [6.07, 6.45) is -0.221. The van der Waals surface area contributed by atoms with Crippen molar-refractivity contribution in [1.82, 2.24) is 5.06 Å². The molecule has 2 atom stereocenters. The van der Waals surface area contributed by atoms with Gasteiger partial charge in [0.25, 0.3) is 0 Å². The minimum atomic E-state index is -0.620. The first kappa shape index (κ1) is 16.1. The van der Waals surface area contributed by atoms with Gasteiger partial charge in [0, 0.05) is 6.54 Å². The van der Waals surface area contributed by atoms with E-state index in [0.29, 0.717) is 13.2 Å². The lowest BCUT2D eigenvalue weighted by molar-refractivity contribution is -0.191. The molecular formula is C19H23NO3. The van der Waals surface area contributed by atoms with E-state index in [1.54, 1.807) is 0 Å². The van der Waals surface area contributed by atoms with Gasteiger partial charge >= 0.3 is 0 Å². The third kappa shape index (κ3) is 3.98. The zero-order valence-electron chi connectivity index (χ0n) is 13.6. The van der Waals surface area contributed by atoms with Crippen molar-refractivity contribution in [3.63, 3.8) is 0 Å². The molecule has 23 heavy (non-hydrogen) atoms. The van der Waals surface area contributed by atoms with Crippen LogP contribution in [0, 0.1) is 0 Å². The standard InChI is InChI=1S/C19H23NO3/c1-19(2)22-14-17(23-19)18(16-11-7-4-8-12-16)20(21)13-15-9-5-3-6-10-15/h3-12,17-18,21H,13-14H2,1-2H3/t17-,18?/m1/s1. The molecule has 0 spiro atoms. The Morgan fingerprint density at radius 3 is 2.26 bits per heavy atom. The summed E-state index contributed by atoms with van der Waals surface area (Å²) >= 11 is 0. The molecule has 0 aromatic heterocycles. The van der Waals surface area contributed by atoms with Crippen LogP contribution in [0.15, 0.2) is 60.7 Å². The molecule has 4 heteroatoms. The molecule has 1 aliphatic heterocycles. The van der Waals surface area contributed by atoms with Gasteiger partial charge in [-0.1, -0.05) is 60.7 Å². The van der Waals surface area contributed by atoms with Crippen molar-refractivity contribution in [3.8, 4) is 0 Å². The first-order chi connectivity index (χ1) is 11.1. The number of hydrogen-bond acceptors (Lipinski definition) is 4. The average Bonchev–Trinajstić information content (AvgIpc) is 2.89. The largest absolute Gasteiger partial charge is 0.348 e. The van der Waals surface area contributed by atoms with Crippen LogP contribution in [0.2, 0.25) is 0 Å². The van der Waals surface area contributed by atoms with Crippen LogP contribution in [0.3, 0.4) is 0 Å². The fourth-order valence-corrected chi connectivity index (χ4v) is 2.97. The van der Waals surface area contributed by atoms with Crippen molar-refractivity contribution in [2.75, 3.05) is 6.61 Å². The fraction of sp³-hybridized carbons (Fsp3) is 0.368. The van der Waals surface area contributed by atoms with Gasteiger partial charge in [-0.05, 0) is 25.0 Å². The minimum Gasteiger partial charge on any atom is -0.348 e. The molecule has 2 aromatic rings. The van der Waals surface area contributed by atoms with E-state index in [4.69, 9.17) is 9.47 Å². The molecule has 0 amide bonds. The molecule has 1 saturated heterocycles. The summed E-state index contributed by atoms with van der Waals surface area (Å²) < 4.78 is 11.7. The summed E-state index contributed by atoms with van der Waals surface area (Å²) in [6, 6.07) is 19.6. The van der Waals surface area contributed by atoms with Crippen LogP contribution >= 0.6 is 0 Å². The zero-order valence-corrected chi connectivity index (χ0v) is 13.6. The normalized spacial score (nSPS) is 21.5. The highest BCUT2D eigenvalue weighted by Gasteiger charge is 2.40. The molecular weight excluding hydrogens is 290 g/mol. The molecule has 0 saturated carbocycles. The summed E-state index contributed by atoms with van der Waals surface area (Å²) in [4.78, 5) is 0. The number of hydroxylamine groups is 2. The van der Waals surface area contributed by atoms with Gasteiger partial charge in [0.05, 0.1) is 12.6 Å². The summed E-state index contributed by atoms with van der Waals surface area (Å²) in [5.74, 6) is -0.620. The smallest absolute Gasteiger partial charge is 0.163 e. The van der Waals surface area contributed by atoms with Crippen molar-refractivity contribution < 1.29 is 14.7 Å². The zero-order chi connectivity index (χ0) is 16.3. The Morgan fingerprint density at radius 1 is 1.09 bits per heavy atom. The maximum atomic E-state index is 10.7. The van der Waals surface area contributed by atoms with Crippen LogP contribution in [0.25, 0.3) is 0 Å². The van der Waals surface area contributed by atoms with Gasteiger partial charge in [0.1, 0.15) is 6.10 Å². The molecule has 1 N–H and O–H groups in total. The molecule has 1 heterocycles. The maximum absolute atomic E-state index is 10.7. The van der Waals surface area contributed by atoms with E-state index in [2.05, 4.69) is 0 Å². The Bertz CT molecular complexity index is 615. The summed E-state index contributed by atoms with van der Waals surface area (Å²) in [6.45, 7) is 4.68. The number of nitrogens with zero attached hydrogens (tertiary/aromatic N) is 1. The van der Waals surface area contributed by atoms with Crippen LogP contribution in [0.1, 0.15) is 31.0 Å². The van der Waals surface area contributed by atoms with E-state index < -0.39 is 5.79 Å². The summed E-state index contributed by atoms with van der Waals surface area (Å²) in [5, 5.41) is 12.1. The quantitative estimate of drug-likeness (QED) is 0.853. The lowest BCUT2D eigenvalue weighted by Gasteiger charge is -2.31. The monoisotopic (exact) mass is 313 g/mol. The lowest BCUT2D eigenvalue weighted by Crippen LogP contribution is -2.36. The minimum absolute atomic E-state index is 0.221. The van der Waals surface area contributed by atoms with E-state index >= 15 is 0 Å². The van der Waals surface area contributed by atoms with E-state index in [9.17, 15) is 5.21 Å². The number of rotatable bonds is 5. The topological polar surface area (TPSA) is 41.9 Å². The number of ether oxygens (including phenoxy) is 2. The molecule has 4 nitrogen and oxygen atoms in total. The first-order valence-electron chi connectivity index (χ1n) is 7.91. The van der Waals surface area contributed by atoms with Crippen LogP contribution in [0.4, 0.5) is 0 Å². The van der Waals surface area contributed by atoms with Crippen molar-refractivity contribution in [1.29, 1.82) is 0 Å². The molecule has 1 unspecified atom stereocenters. The van der Waals surface area contributed by atoms with Crippen molar-refractivity contribution in [2.45, 2.75) is 38.3 Å². The van der Waals surface area contributed by atoms with Gasteiger partial charge in [-0.25, -0.2) is 0 Å². The van der Waals surface area contributed by atoms with Crippen molar-refractivity contribution >= 4 is 0 Å². The third-order valence-electron chi connectivity index (χ3n) is 4.03. The Kier molecular flexibility index (Phi) is 4.78. The fourth-order valence-electron chi connectivity index (χ4n) is 2.97. The highest BCUT2D eigenvalue weighted by atomic mass is 16.7. The molecule has 0 aliphatic carbocycles. The summed E-state index contributed by atoms with van der Waals surface area (Å²) in [7, 11) is 0. The van der Waals surface area contributed by atoms with Gasteiger partial charge in [-0.15, -0.1) is 0 Å². The Morgan fingerprint density at radius 2 is 1.70 bits per heavy atom. The summed E-state index contributed by atoms with van der Waals surface area (Å²) in [5.41, 5.74) is 2.06. The van der Waals surface area contributed by atoms with Gasteiger partial charge < -0.3 is 14.7 Å². The molecule has 0 bridgehead atoms. The Balaban J connectivity index is 1.83. The highest BCUT2D eigenvalue weighted by Crippen LogP contribution is 2.34. The second-order valence-electron chi connectivity index (χ2n) is 6.31. The Hall–Kier alpha value is -1.72. The first-order valence-corrected chi connectivity index (χ1v) is 7.91. The van der Waals surface area contributed by atoms with Crippen LogP contribution in [-0.2, 0) is 16.0 Å². The molecule has 3 rings (SSSR count). The molecule has 0 radical (unpaired) electrons. The predicted octanol–water partition coefficient (Wildman–Crippen LogP) is 3.77.